The monoisotopic (exact) mass is 355 g/mol. The van der Waals surface area contributed by atoms with Crippen molar-refractivity contribution < 1.29 is 4.92 Å². The Morgan fingerprint density at radius 2 is 2.25 bits per heavy atom. The highest BCUT2D eigenvalue weighted by molar-refractivity contribution is 9.10. The van der Waals surface area contributed by atoms with E-state index in [9.17, 15) is 10.1 Å². The first-order valence-corrected chi connectivity index (χ1v) is 7.68. The summed E-state index contributed by atoms with van der Waals surface area (Å²) < 4.78 is 0.598. The fourth-order valence-corrected chi connectivity index (χ4v) is 3.35. The van der Waals surface area contributed by atoms with Gasteiger partial charge in [0.15, 0.2) is 0 Å². The van der Waals surface area contributed by atoms with Gasteiger partial charge in [0.25, 0.3) is 0 Å². The lowest BCUT2D eigenvalue weighted by Crippen LogP contribution is -2.18. The number of nitrogens with one attached hydrogen (secondary N) is 1. The minimum Gasteiger partial charge on any atom is -0.376 e. The molecule has 0 radical (unpaired) electrons. The van der Waals surface area contributed by atoms with Crippen molar-refractivity contribution in [2.45, 2.75) is 26.3 Å². The van der Waals surface area contributed by atoms with Gasteiger partial charge in [-0.3, -0.25) is 15.1 Å². The number of aromatic nitrogens is 1. The van der Waals surface area contributed by atoms with E-state index in [1.807, 2.05) is 6.92 Å². The lowest BCUT2D eigenvalue weighted by molar-refractivity contribution is -0.384. The molecule has 2 rings (SSSR count). The van der Waals surface area contributed by atoms with E-state index in [-0.39, 0.29) is 11.7 Å². The smallest absolute Gasteiger partial charge is 0.311 e. The number of aryl methyl sites for hydroxylation is 1. The Labute approximate surface area is 129 Å². The van der Waals surface area contributed by atoms with Crippen LogP contribution >= 0.6 is 27.3 Å². The Balaban J connectivity index is 2.15. The van der Waals surface area contributed by atoms with Gasteiger partial charge < -0.3 is 5.32 Å². The lowest BCUT2D eigenvalue weighted by atomic mass is 10.2. The van der Waals surface area contributed by atoms with E-state index >= 15 is 0 Å². The first-order chi connectivity index (χ1) is 9.47. The molecule has 0 aliphatic heterocycles. The van der Waals surface area contributed by atoms with Crippen LogP contribution in [-0.4, -0.2) is 15.9 Å². The summed E-state index contributed by atoms with van der Waals surface area (Å²) in [6.07, 6.45) is 3.64. The molecule has 5 nitrogen and oxygen atoms in total. The quantitative estimate of drug-likeness (QED) is 0.645. The van der Waals surface area contributed by atoms with E-state index in [4.69, 9.17) is 0 Å². The molecular weight excluding hydrogens is 342 g/mol. The molecule has 2 aromatic rings. The molecule has 2 aromatic heterocycles. The van der Waals surface area contributed by atoms with Crippen molar-refractivity contribution in [2.75, 3.05) is 5.32 Å². The first kappa shape index (κ1) is 14.9. The van der Waals surface area contributed by atoms with Gasteiger partial charge in [-0.1, -0.05) is 0 Å². The van der Waals surface area contributed by atoms with Crippen LogP contribution in [0.25, 0.3) is 0 Å². The topological polar surface area (TPSA) is 68.1 Å². The molecule has 0 saturated carbocycles. The van der Waals surface area contributed by atoms with Gasteiger partial charge in [-0.2, -0.15) is 0 Å². The van der Waals surface area contributed by atoms with Gasteiger partial charge in [-0.05, 0) is 41.9 Å². The molecule has 1 N–H and O–H groups in total. The summed E-state index contributed by atoms with van der Waals surface area (Å²) in [6, 6.07) is 4.26. The molecule has 0 aliphatic carbocycles. The van der Waals surface area contributed by atoms with Gasteiger partial charge in [-0.15, -0.1) is 11.3 Å². The van der Waals surface area contributed by atoms with Crippen LogP contribution in [0.1, 0.15) is 16.7 Å². The second-order valence-electron chi connectivity index (χ2n) is 4.53. The summed E-state index contributed by atoms with van der Waals surface area (Å²) in [5, 5.41) is 14.2. The van der Waals surface area contributed by atoms with Crippen molar-refractivity contribution in [3.63, 3.8) is 0 Å². The third-order valence-electron chi connectivity index (χ3n) is 2.77. The molecule has 0 aromatic carbocycles. The van der Waals surface area contributed by atoms with Crippen LogP contribution in [0, 0.1) is 17.0 Å². The fraction of sp³-hybridized carbons (Fsp3) is 0.308. The summed E-state index contributed by atoms with van der Waals surface area (Å²) in [4.78, 5) is 17.0. The number of thiophene rings is 1. The van der Waals surface area contributed by atoms with Gasteiger partial charge in [0.05, 0.1) is 9.40 Å². The normalized spacial score (nSPS) is 12.2. The molecule has 106 valence electrons. The first-order valence-electron chi connectivity index (χ1n) is 6.07. The molecule has 1 unspecified atom stereocenters. The number of anilines is 1. The highest BCUT2D eigenvalue weighted by atomic mass is 79.9. The van der Waals surface area contributed by atoms with Crippen LogP contribution in [0.4, 0.5) is 11.4 Å². The van der Waals surface area contributed by atoms with Gasteiger partial charge >= 0.3 is 5.69 Å². The maximum absolute atomic E-state index is 11.0. The molecule has 0 bridgehead atoms. The predicted molar refractivity (Wildman–Crippen MR) is 84.4 cm³/mol. The molecule has 0 saturated heterocycles. The zero-order valence-corrected chi connectivity index (χ0v) is 13.5. The Bertz CT molecular complexity index is 630. The fourth-order valence-electron chi connectivity index (χ4n) is 1.90. The van der Waals surface area contributed by atoms with Crippen LogP contribution in [0.15, 0.2) is 29.0 Å². The second kappa shape index (κ2) is 6.32. The molecule has 20 heavy (non-hydrogen) atoms. The largest absolute Gasteiger partial charge is 0.376 e. The number of pyridine rings is 1. The molecule has 2 heterocycles. The Kier molecular flexibility index (Phi) is 4.72. The number of nitrogens with zero attached hydrogens (tertiary/aromatic N) is 2. The van der Waals surface area contributed by atoms with Crippen LogP contribution in [0.2, 0.25) is 0 Å². The van der Waals surface area contributed by atoms with Gasteiger partial charge in [0.2, 0.25) is 0 Å². The van der Waals surface area contributed by atoms with Crippen molar-refractivity contribution in [2.24, 2.45) is 0 Å². The Morgan fingerprint density at radius 1 is 1.50 bits per heavy atom. The average molecular weight is 356 g/mol. The third kappa shape index (κ3) is 3.55. The number of hydrogen-bond donors (Lipinski definition) is 1. The Hall–Kier alpha value is -1.47. The average Bonchev–Trinajstić information content (AvgIpc) is 2.77. The minimum atomic E-state index is -0.428. The van der Waals surface area contributed by atoms with Crippen LogP contribution in [0.5, 0.6) is 0 Å². The lowest BCUT2D eigenvalue weighted by Gasteiger charge is -2.15. The molecule has 7 heteroatoms. The van der Waals surface area contributed by atoms with E-state index in [1.165, 1.54) is 16.0 Å². The van der Waals surface area contributed by atoms with Crippen LogP contribution in [0.3, 0.4) is 0 Å². The predicted octanol–water partition coefficient (Wildman–Crippen LogP) is 4.17. The van der Waals surface area contributed by atoms with Crippen LogP contribution < -0.4 is 5.32 Å². The minimum absolute atomic E-state index is 0.0198. The SMILES string of the molecule is Cc1ccc(CC(C)Nc2c(Br)cncc2[N+](=O)[O-])s1. The van der Waals surface area contributed by atoms with E-state index in [2.05, 4.69) is 45.3 Å². The molecule has 0 fully saturated rings. The third-order valence-corrected chi connectivity index (χ3v) is 4.39. The van der Waals surface area contributed by atoms with E-state index < -0.39 is 4.92 Å². The molecule has 0 amide bonds. The Morgan fingerprint density at radius 3 is 2.85 bits per heavy atom. The summed E-state index contributed by atoms with van der Waals surface area (Å²) in [7, 11) is 0. The molecule has 0 spiro atoms. The number of nitro groups is 1. The second-order valence-corrected chi connectivity index (χ2v) is 6.76. The highest BCUT2D eigenvalue weighted by Crippen LogP contribution is 2.32. The van der Waals surface area contributed by atoms with Crippen LogP contribution in [-0.2, 0) is 6.42 Å². The summed E-state index contributed by atoms with van der Waals surface area (Å²) in [5.41, 5.74) is 0.458. The van der Waals surface area contributed by atoms with Crippen molar-refractivity contribution in [1.82, 2.24) is 4.98 Å². The maximum Gasteiger partial charge on any atom is 0.311 e. The van der Waals surface area contributed by atoms with Crippen molar-refractivity contribution in [3.8, 4) is 0 Å². The maximum atomic E-state index is 11.0. The number of hydrogen-bond acceptors (Lipinski definition) is 5. The highest BCUT2D eigenvalue weighted by Gasteiger charge is 2.19. The van der Waals surface area contributed by atoms with Gasteiger partial charge in [0, 0.05) is 28.4 Å². The summed E-state index contributed by atoms with van der Waals surface area (Å²) in [5.74, 6) is 0. The van der Waals surface area contributed by atoms with Crippen molar-refractivity contribution >= 4 is 38.6 Å². The van der Waals surface area contributed by atoms with E-state index in [0.717, 1.165) is 6.42 Å². The molecule has 0 aliphatic rings. The van der Waals surface area contributed by atoms with E-state index in [0.29, 0.717) is 10.2 Å². The molecule has 1 atom stereocenters. The zero-order chi connectivity index (χ0) is 14.7. The standard InChI is InChI=1S/C13H14BrN3O2S/c1-8(5-10-4-3-9(2)20-10)16-13-11(14)6-15-7-12(13)17(18)19/h3-4,6-8H,5H2,1-2H3,(H,15,16). The zero-order valence-electron chi connectivity index (χ0n) is 11.1. The molecular formula is C13H14BrN3O2S. The van der Waals surface area contributed by atoms with Gasteiger partial charge in [-0.25, -0.2) is 0 Å². The summed E-state index contributed by atoms with van der Waals surface area (Å²) >= 11 is 5.05. The number of halogens is 1. The van der Waals surface area contributed by atoms with Crippen molar-refractivity contribution in [1.29, 1.82) is 0 Å². The summed E-state index contributed by atoms with van der Waals surface area (Å²) in [6.45, 7) is 4.07. The van der Waals surface area contributed by atoms with Gasteiger partial charge in [0.1, 0.15) is 11.9 Å². The van der Waals surface area contributed by atoms with E-state index in [1.54, 1.807) is 17.5 Å². The number of rotatable bonds is 5. The van der Waals surface area contributed by atoms with Crippen molar-refractivity contribution in [3.05, 3.63) is 48.9 Å².